The number of piperidine rings is 1. The van der Waals surface area contributed by atoms with Crippen LogP contribution in [0.15, 0.2) is 12.1 Å². The summed E-state index contributed by atoms with van der Waals surface area (Å²) in [4.78, 5) is 15.2. The first-order valence-electron chi connectivity index (χ1n) is 8.14. The van der Waals surface area contributed by atoms with Gasteiger partial charge in [-0.15, -0.1) is 0 Å². The van der Waals surface area contributed by atoms with Crippen molar-refractivity contribution in [2.45, 2.75) is 53.0 Å². The number of nitrogens with one attached hydrogen (secondary N) is 1. The van der Waals surface area contributed by atoms with Gasteiger partial charge in [-0.25, -0.2) is 0 Å². The molecule has 0 unspecified atom stereocenters. The topological polar surface area (TPSA) is 32.3 Å². The summed E-state index contributed by atoms with van der Waals surface area (Å²) in [7, 11) is 0. The Balaban J connectivity index is 2.29. The van der Waals surface area contributed by atoms with Gasteiger partial charge in [0.25, 0.3) is 5.91 Å². The van der Waals surface area contributed by atoms with Gasteiger partial charge in [-0.1, -0.05) is 24.6 Å². The van der Waals surface area contributed by atoms with Gasteiger partial charge in [0.1, 0.15) is 0 Å². The van der Waals surface area contributed by atoms with Crippen LogP contribution in [0.2, 0.25) is 0 Å². The Morgan fingerprint density at radius 2 is 1.76 bits per heavy atom. The van der Waals surface area contributed by atoms with Gasteiger partial charge in [0, 0.05) is 18.2 Å². The second-order valence-electron chi connectivity index (χ2n) is 6.25. The van der Waals surface area contributed by atoms with Crippen molar-refractivity contribution in [3.63, 3.8) is 0 Å². The van der Waals surface area contributed by atoms with Crippen molar-refractivity contribution in [3.8, 4) is 0 Å². The van der Waals surface area contributed by atoms with Crippen molar-refractivity contribution in [3.05, 3.63) is 34.4 Å². The summed E-state index contributed by atoms with van der Waals surface area (Å²) in [5.74, 6) is 0.221. The number of carbonyl (C=O) groups is 1. The van der Waals surface area contributed by atoms with E-state index in [1.807, 2.05) is 0 Å². The van der Waals surface area contributed by atoms with Crippen molar-refractivity contribution < 1.29 is 4.79 Å². The minimum absolute atomic E-state index is 0.221. The molecule has 3 heteroatoms. The zero-order valence-corrected chi connectivity index (χ0v) is 13.8. The van der Waals surface area contributed by atoms with Gasteiger partial charge in [0.15, 0.2) is 0 Å². The van der Waals surface area contributed by atoms with Crippen LogP contribution in [0.1, 0.15) is 53.2 Å². The lowest BCUT2D eigenvalue weighted by atomic mass is 9.96. The van der Waals surface area contributed by atoms with Crippen molar-refractivity contribution in [2.24, 2.45) is 0 Å². The molecule has 0 saturated carbocycles. The molecule has 0 atom stereocenters. The lowest BCUT2D eigenvalue weighted by Crippen LogP contribution is -2.46. The number of rotatable bonds is 4. The smallest absolute Gasteiger partial charge is 0.254 e. The number of benzene rings is 1. The molecule has 21 heavy (non-hydrogen) atoms. The van der Waals surface area contributed by atoms with Crippen LogP contribution in [-0.2, 0) is 0 Å². The number of aryl methyl sites for hydroxylation is 3. The second kappa shape index (κ2) is 7.08. The van der Waals surface area contributed by atoms with Crippen LogP contribution in [-0.4, -0.2) is 36.5 Å². The van der Waals surface area contributed by atoms with E-state index in [-0.39, 0.29) is 5.91 Å². The molecule has 3 nitrogen and oxygen atoms in total. The molecule has 1 amide bonds. The molecule has 0 spiro atoms. The third kappa shape index (κ3) is 3.65. The minimum Gasteiger partial charge on any atom is -0.336 e. The molecule has 116 valence electrons. The van der Waals surface area contributed by atoms with E-state index in [1.54, 1.807) is 0 Å². The largest absolute Gasteiger partial charge is 0.336 e. The van der Waals surface area contributed by atoms with Gasteiger partial charge in [-0.3, -0.25) is 4.79 Å². The van der Waals surface area contributed by atoms with Crippen LogP contribution in [0.4, 0.5) is 0 Å². The molecule has 1 aliphatic rings. The molecule has 1 saturated heterocycles. The van der Waals surface area contributed by atoms with Gasteiger partial charge in [0.2, 0.25) is 0 Å². The average molecular weight is 288 g/mol. The first-order chi connectivity index (χ1) is 10.0. The first-order valence-corrected chi connectivity index (χ1v) is 8.14. The summed E-state index contributed by atoms with van der Waals surface area (Å²) in [6.07, 6.45) is 3.14. The highest BCUT2D eigenvalue weighted by Gasteiger charge is 2.27. The lowest BCUT2D eigenvalue weighted by molar-refractivity contribution is 0.0641. The summed E-state index contributed by atoms with van der Waals surface area (Å²) >= 11 is 0. The van der Waals surface area contributed by atoms with E-state index in [2.05, 4.69) is 50.0 Å². The van der Waals surface area contributed by atoms with Crippen LogP contribution < -0.4 is 5.32 Å². The number of carbonyl (C=O) groups excluding carboxylic acids is 1. The predicted octanol–water partition coefficient (Wildman–Crippen LogP) is 3.22. The SMILES string of the molecule is CCCN(C(=O)c1c(C)cc(C)cc1C)C1CCNCC1. The normalized spacial score (nSPS) is 16.0. The molecule has 1 aromatic carbocycles. The molecule has 0 aliphatic carbocycles. The van der Waals surface area contributed by atoms with Crippen molar-refractivity contribution in [1.29, 1.82) is 0 Å². The molecule has 0 radical (unpaired) electrons. The number of amides is 1. The Morgan fingerprint density at radius 3 is 2.29 bits per heavy atom. The molecule has 2 rings (SSSR count). The van der Waals surface area contributed by atoms with Crippen molar-refractivity contribution >= 4 is 5.91 Å². The van der Waals surface area contributed by atoms with E-state index in [0.29, 0.717) is 6.04 Å². The monoisotopic (exact) mass is 288 g/mol. The maximum Gasteiger partial charge on any atom is 0.254 e. The number of hydrogen-bond donors (Lipinski definition) is 1. The van der Waals surface area contributed by atoms with Crippen molar-refractivity contribution in [2.75, 3.05) is 19.6 Å². The Kier molecular flexibility index (Phi) is 5.40. The fourth-order valence-corrected chi connectivity index (χ4v) is 3.47. The van der Waals surface area contributed by atoms with Crippen molar-refractivity contribution in [1.82, 2.24) is 10.2 Å². The van der Waals surface area contributed by atoms with E-state index in [0.717, 1.165) is 55.6 Å². The summed E-state index contributed by atoms with van der Waals surface area (Å²) < 4.78 is 0. The quantitative estimate of drug-likeness (QED) is 0.922. The third-order valence-corrected chi connectivity index (χ3v) is 4.37. The van der Waals surface area contributed by atoms with Crippen LogP contribution in [0, 0.1) is 20.8 Å². The third-order valence-electron chi connectivity index (χ3n) is 4.37. The Bertz CT molecular complexity index is 481. The maximum absolute atomic E-state index is 13.1. The minimum atomic E-state index is 0.221. The second-order valence-corrected chi connectivity index (χ2v) is 6.25. The Labute approximate surface area is 128 Å². The zero-order chi connectivity index (χ0) is 15.4. The molecule has 0 bridgehead atoms. The Hall–Kier alpha value is -1.35. The summed E-state index contributed by atoms with van der Waals surface area (Å²) in [6.45, 7) is 11.2. The lowest BCUT2D eigenvalue weighted by Gasteiger charge is -2.35. The van der Waals surface area contributed by atoms with Crippen LogP contribution in [0.25, 0.3) is 0 Å². The van der Waals surface area contributed by atoms with Gasteiger partial charge in [-0.05, 0) is 64.3 Å². The first kappa shape index (κ1) is 16.0. The van der Waals surface area contributed by atoms with E-state index >= 15 is 0 Å². The summed E-state index contributed by atoms with van der Waals surface area (Å²) in [6, 6.07) is 4.62. The molecule has 0 aromatic heterocycles. The number of hydrogen-bond acceptors (Lipinski definition) is 2. The maximum atomic E-state index is 13.1. The molecule has 1 aliphatic heterocycles. The Morgan fingerprint density at radius 1 is 1.19 bits per heavy atom. The predicted molar refractivity (Wildman–Crippen MR) is 87.9 cm³/mol. The van der Waals surface area contributed by atoms with Crippen LogP contribution in [0.3, 0.4) is 0 Å². The fourth-order valence-electron chi connectivity index (χ4n) is 3.47. The summed E-state index contributed by atoms with van der Waals surface area (Å²) in [5, 5.41) is 3.38. The van der Waals surface area contributed by atoms with E-state index in [4.69, 9.17) is 0 Å². The zero-order valence-electron chi connectivity index (χ0n) is 13.8. The highest BCUT2D eigenvalue weighted by Crippen LogP contribution is 2.22. The van der Waals surface area contributed by atoms with Gasteiger partial charge < -0.3 is 10.2 Å². The molecular formula is C18H28N2O. The standard InChI is InChI=1S/C18H28N2O/c1-5-10-20(16-6-8-19-9-7-16)18(21)17-14(3)11-13(2)12-15(17)4/h11-12,16,19H,5-10H2,1-4H3. The number of nitrogens with zero attached hydrogens (tertiary/aromatic N) is 1. The van der Waals surface area contributed by atoms with Crippen LogP contribution >= 0.6 is 0 Å². The average Bonchev–Trinajstić information content (AvgIpc) is 2.44. The molecule has 1 heterocycles. The fraction of sp³-hybridized carbons (Fsp3) is 0.611. The van der Waals surface area contributed by atoms with Gasteiger partial charge in [-0.2, -0.15) is 0 Å². The van der Waals surface area contributed by atoms with E-state index < -0.39 is 0 Å². The molecular weight excluding hydrogens is 260 g/mol. The highest BCUT2D eigenvalue weighted by molar-refractivity contribution is 5.97. The summed E-state index contributed by atoms with van der Waals surface area (Å²) in [5.41, 5.74) is 4.35. The van der Waals surface area contributed by atoms with Crippen LogP contribution in [0.5, 0.6) is 0 Å². The molecule has 1 fully saturated rings. The van der Waals surface area contributed by atoms with Gasteiger partial charge >= 0.3 is 0 Å². The van der Waals surface area contributed by atoms with E-state index in [1.165, 1.54) is 5.56 Å². The van der Waals surface area contributed by atoms with Gasteiger partial charge in [0.05, 0.1) is 0 Å². The molecule has 1 aromatic rings. The van der Waals surface area contributed by atoms with E-state index in [9.17, 15) is 4.79 Å². The molecule has 1 N–H and O–H groups in total. The highest BCUT2D eigenvalue weighted by atomic mass is 16.2.